The number of pyridine rings is 2. The van der Waals surface area contributed by atoms with Gasteiger partial charge >= 0.3 is 0 Å². The molecule has 0 saturated heterocycles. The summed E-state index contributed by atoms with van der Waals surface area (Å²) in [5.41, 5.74) is 2.89. The molecular weight excluding hydrogens is 342 g/mol. The third-order valence-corrected chi connectivity index (χ3v) is 4.20. The van der Waals surface area contributed by atoms with Crippen LogP contribution in [0.4, 0.5) is 5.69 Å². The van der Waals surface area contributed by atoms with Crippen molar-refractivity contribution in [3.05, 3.63) is 55.6 Å². The van der Waals surface area contributed by atoms with E-state index in [9.17, 15) is 4.79 Å². The topological polar surface area (TPSA) is 57.8 Å². The van der Waals surface area contributed by atoms with Gasteiger partial charge < -0.3 is 10.3 Å². The fourth-order valence-corrected chi connectivity index (χ4v) is 3.05. The van der Waals surface area contributed by atoms with E-state index in [1.54, 1.807) is 12.3 Å². The van der Waals surface area contributed by atoms with Crippen LogP contribution in [0.15, 0.2) is 33.7 Å². The Morgan fingerprint density at radius 3 is 3.15 bits per heavy atom. The van der Waals surface area contributed by atoms with Gasteiger partial charge in [0.2, 0.25) is 5.56 Å². The van der Waals surface area contributed by atoms with Crippen molar-refractivity contribution in [3.63, 3.8) is 0 Å². The number of aromatic amines is 1. The molecule has 2 N–H and O–H groups in total. The van der Waals surface area contributed by atoms with Crippen molar-refractivity contribution in [2.24, 2.45) is 0 Å². The van der Waals surface area contributed by atoms with Crippen LogP contribution in [0.1, 0.15) is 30.1 Å². The number of halogens is 2. The summed E-state index contributed by atoms with van der Waals surface area (Å²) in [6.07, 6.45) is 4.61. The van der Waals surface area contributed by atoms with Crippen molar-refractivity contribution in [3.8, 4) is 0 Å². The highest BCUT2D eigenvalue weighted by Crippen LogP contribution is 2.33. The predicted octanol–water partition coefficient (Wildman–Crippen LogP) is 3.68. The monoisotopic (exact) mass is 353 g/mol. The second kappa shape index (κ2) is 5.58. The summed E-state index contributed by atoms with van der Waals surface area (Å²) in [4.78, 5) is 18.4. The van der Waals surface area contributed by atoms with Gasteiger partial charge in [-0.15, -0.1) is 0 Å². The highest BCUT2D eigenvalue weighted by Gasteiger charge is 2.21. The number of rotatable bonds is 2. The average Bonchev–Trinajstić information content (AvgIpc) is 2.43. The molecule has 20 heavy (non-hydrogen) atoms. The Hall–Kier alpha value is -1.33. The van der Waals surface area contributed by atoms with E-state index < -0.39 is 0 Å². The van der Waals surface area contributed by atoms with Crippen molar-refractivity contribution in [2.45, 2.75) is 25.3 Å². The molecule has 3 rings (SSSR count). The first-order valence-electron chi connectivity index (χ1n) is 6.43. The highest BCUT2D eigenvalue weighted by molar-refractivity contribution is 9.10. The molecule has 1 unspecified atom stereocenters. The van der Waals surface area contributed by atoms with Gasteiger partial charge in [-0.25, -0.2) is 4.98 Å². The summed E-state index contributed by atoms with van der Waals surface area (Å²) in [6, 6.07) is 5.52. The number of fused-ring (bicyclic) bond motifs is 1. The number of aryl methyl sites for hydroxylation is 1. The Balaban J connectivity index is 1.93. The largest absolute Gasteiger partial charge is 0.376 e. The first-order chi connectivity index (χ1) is 9.63. The molecule has 2 aromatic rings. The Kier molecular flexibility index (Phi) is 3.81. The van der Waals surface area contributed by atoms with E-state index in [2.05, 4.69) is 31.2 Å². The Morgan fingerprint density at radius 2 is 2.30 bits per heavy atom. The minimum absolute atomic E-state index is 0.0495. The smallest absolute Gasteiger partial charge is 0.248 e. The van der Waals surface area contributed by atoms with Crippen LogP contribution >= 0.6 is 27.5 Å². The lowest BCUT2D eigenvalue weighted by molar-refractivity contribution is 0.586. The second-order valence-electron chi connectivity index (χ2n) is 4.84. The Morgan fingerprint density at radius 1 is 1.45 bits per heavy atom. The number of nitrogens with zero attached hydrogens (tertiary/aromatic N) is 1. The SMILES string of the molecule is O=c1ccc2c([nH]1)CCCC2Nc1cc(Br)cnc1Cl. The molecule has 6 heteroatoms. The van der Waals surface area contributed by atoms with Gasteiger partial charge in [-0.1, -0.05) is 11.6 Å². The summed E-state index contributed by atoms with van der Waals surface area (Å²) in [5, 5.41) is 3.87. The molecule has 1 aliphatic rings. The molecule has 1 aliphatic carbocycles. The van der Waals surface area contributed by atoms with Crippen molar-refractivity contribution >= 4 is 33.2 Å². The zero-order valence-electron chi connectivity index (χ0n) is 10.6. The minimum Gasteiger partial charge on any atom is -0.376 e. The normalized spacial score (nSPS) is 17.6. The van der Waals surface area contributed by atoms with Gasteiger partial charge in [-0.3, -0.25) is 4.79 Å². The lowest BCUT2D eigenvalue weighted by Crippen LogP contribution is -2.21. The quantitative estimate of drug-likeness (QED) is 0.809. The lowest BCUT2D eigenvalue weighted by Gasteiger charge is -2.27. The fraction of sp³-hybridized carbons (Fsp3) is 0.286. The first-order valence-corrected chi connectivity index (χ1v) is 7.60. The molecule has 2 aromatic heterocycles. The standard InChI is InChI=1S/C14H13BrClN3O/c15-8-6-12(14(16)17-7-8)18-10-2-1-3-11-9(10)4-5-13(20)19-11/h4-7,10,18H,1-3H2,(H,19,20). The molecule has 0 amide bonds. The zero-order valence-corrected chi connectivity index (χ0v) is 13.0. The van der Waals surface area contributed by atoms with E-state index in [0.29, 0.717) is 5.15 Å². The minimum atomic E-state index is -0.0495. The van der Waals surface area contributed by atoms with Gasteiger partial charge in [-0.05, 0) is 52.9 Å². The van der Waals surface area contributed by atoms with Gasteiger partial charge in [0.1, 0.15) is 0 Å². The van der Waals surface area contributed by atoms with E-state index in [1.807, 2.05) is 12.1 Å². The van der Waals surface area contributed by atoms with E-state index in [1.165, 1.54) is 0 Å². The predicted molar refractivity (Wildman–Crippen MR) is 83.3 cm³/mol. The number of anilines is 1. The zero-order chi connectivity index (χ0) is 14.1. The van der Waals surface area contributed by atoms with E-state index in [4.69, 9.17) is 11.6 Å². The molecule has 104 valence electrons. The molecule has 0 saturated carbocycles. The Labute approximate surface area is 129 Å². The average molecular weight is 355 g/mol. The van der Waals surface area contributed by atoms with Gasteiger partial charge in [0.05, 0.1) is 11.7 Å². The van der Waals surface area contributed by atoms with Crippen LogP contribution in [0, 0.1) is 0 Å². The number of hydrogen-bond donors (Lipinski definition) is 2. The number of nitrogens with one attached hydrogen (secondary N) is 2. The number of H-pyrrole nitrogens is 1. The van der Waals surface area contributed by atoms with Crippen molar-refractivity contribution < 1.29 is 0 Å². The molecule has 2 heterocycles. The van der Waals surface area contributed by atoms with Crippen molar-refractivity contribution in [1.29, 1.82) is 0 Å². The van der Waals surface area contributed by atoms with Crippen LogP contribution in [-0.4, -0.2) is 9.97 Å². The molecule has 0 aliphatic heterocycles. The molecule has 4 nitrogen and oxygen atoms in total. The van der Waals surface area contributed by atoms with Crippen LogP contribution in [0.2, 0.25) is 5.15 Å². The van der Waals surface area contributed by atoms with Crippen molar-refractivity contribution in [2.75, 3.05) is 5.32 Å². The van der Waals surface area contributed by atoms with Crippen LogP contribution in [0.5, 0.6) is 0 Å². The Bertz CT molecular complexity index is 701. The molecular formula is C14H13BrClN3O. The van der Waals surface area contributed by atoms with Gasteiger partial charge in [0, 0.05) is 22.4 Å². The van der Waals surface area contributed by atoms with E-state index in [0.717, 1.165) is 40.7 Å². The van der Waals surface area contributed by atoms with E-state index in [-0.39, 0.29) is 11.6 Å². The van der Waals surface area contributed by atoms with Gasteiger partial charge in [0.25, 0.3) is 0 Å². The lowest BCUT2D eigenvalue weighted by atomic mass is 9.91. The molecule has 0 spiro atoms. The van der Waals surface area contributed by atoms with Gasteiger partial charge in [-0.2, -0.15) is 0 Å². The van der Waals surface area contributed by atoms with Gasteiger partial charge in [0.15, 0.2) is 5.15 Å². The maximum absolute atomic E-state index is 11.4. The summed E-state index contributed by atoms with van der Waals surface area (Å²) in [6.45, 7) is 0. The van der Waals surface area contributed by atoms with Crippen molar-refractivity contribution in [1.82, 2.24) is 9.97 Å². The molecule has 0 bridgehead atoms. The van der Waals surface area contributed by atoms with E-state index >= 15 is 0 Å². The third kappa shape index (κ3) is 2.74. The first kappa shape index (κ1) is 13.6. The maximum Gasteiger partial charge on any atom is 0.248 e. The number of aromatic nitrogens is 2. The third-order valence-electron chi connectivity index (χ3n) is 3.47. The summed E-state index contributed by atoms with van der Waals surface area (Å²) >= 11 is 9.51. The highest BCUT2D eigenvalue weighted by atomic mass is 79.9. The molecule has 0 radical (unpaired) electrons. The molecule has 0 fully saturated rings. The van der Waals surface area contributed by atoms with Crippen LogP contribution < -0.4 is 10.9 Å². The van der Waals surface area contributed by atoms with Crippen LogP contribution in [0.25, 0.3) is 0 Å². The van der Waals surface area contributed by atoms with Crippen LogP contribution in [-0.2, 0) is 6.42 Å². The maximum atomic E-state index is 11.4. The fourth-order valence-electron chi connectivity index (χ4n) is 2.56. The molecule has 0 aromatic carbocycles. The summed E-state index contributed by atoms with van der Waals surface area (Å²) in [7, 11) is 0. The summed E-state index contributed by atoms with van der Waals surface area (Å²) in [5.74, 6) is 0. The van der Waals surface area contributed by atoms with Crippen LogP contribution in [0.3, 0.4) is 0 Å². The second-order valence-corrected chi connectivity index (χ2v) is 6.11. The number of hydrogen-bond acceptors (Lipinski definition) is 3. The summed E-state index contributed by atoms with van der Waals surface area (Å²) < 4.78 is 0.877. The molecule has 1 atom stereocenters.